The zero-order valence-electron chi connectivity index (χ0n) is 11.7. The van der Waals surface area contributed by atoms with E-state index in [-0.39, 0.29) is 17.4 Å². The van der Waals surface area contributed by atoms with Gasteiger partial charge in [-0.2, -0.15) is 0 Å². The van der Waals surface area contributed by atoms with Gasteiger partial charge in [-0.05, 0) is 31.0 Å². The van der Waals surface area contributed by atoms with E-state index in [1.54, 1.807) is 6.07 Å². The Hall–Kier alpha value is -1.66. The summed E-state index contributed by atoms with van der Waals surface area (Å²) in [6.45, 7) is 1.33. The van der Waals surface area contributed by atoms with E-state index >= 15 is 0 Å². The molecular weight excluding hydrogens is 275 g/mol. The van der Waals surface area contributed by atoms with E-state index in [4.69, 9.17) is 15.2 Å². The summed E-state index contributed by atoms with van der Waals surface area (Å²) in [4.78, 5) is 11.2. The molecule has 1 heterocycles. The van der Waals surface area contributed by atoms with Crippen LogP contribution in [0, 0.1) is 5.82 Å². The molecule has 0 bridgehead atoms. The fraction of sp³-hybridized carbons (Fsp3) is 0.533. The van der Waals surface area contributed by atoms with Crippen LogP contribution < -0.4 is 11.1 Å². The summed E-state index contributed by atoms with van der Waals surface area (Å²) in [5, 5.41) is 3.32. The molecule has 1 amide bonds. The third kappa shape index (κ3) is 3.01. The number of benzene rings is 1. The first kappa shape index (κ1) is 14.3. The number of nitrogens with two attached hydrogens (primary N) is 1. The molecule has 1 aliphatic heterocycles. The van der Waals surface area contributed by atoms with Crippen LogP contribution in [0.3, 0.4) is 0 Å². The molecular formula is C15H19FN2O3. The lowest BCUT2D eigenvalue weighted by molar-refractivity contribution is -0.177. The SMILES string of the molecule is NC(=O)c1cc(NC2CCC3(CC2)OCCO3)ccc1F. The Labute approximate surface area is 122 Å². The highest BCUT2D eigenvalue weighted by molar-refractivity contribution is 5.94. The van der Waals surface area contributed by atoms with Gasteiger partial charge in [0.1, 0.15) is 5.82 Å². The number of ether oxygens (including phenoxy) is 2. The Morgan fingerprint density at radius 3 is 2.57 bits per heavy atom. The summed E-state index contributed by atoms with van der Waals surface area (Å²) in [6, 6.07) is 4.60. The van der Waals surface area contributed by atoms with Crippen LogP contribution in [0.4, 0.5) is 10.1 Å². The molecule has 1 saturated carbocycles. The maximum atomic E-state index is 13.4. The molecule has 1 saturated heterocycles. The van der Waals surface area contributed by atoms with Crippen molar-refractivity contribution in [1.82, 2.24) is 0 Å². The second-order valence-corrected chi connectivity index (χ2v) is 5.59. The minimum absolute atomic E-state index is 0.0882. The average molecular weight is 294 g/mol. The van der Waals surface area contributed by atoms with Gasteiger partial charge in [0.2, 0.25) is 0 Å². The lowest BCUT2D eigenvalue weighted by atomic mass is 9.90. The number of carbonyl (C=O) groups is 1. The quantitative estimate of drug-likeness (QED) is 0.894. The van der Waals surface area contributed by atoms with E-state index < -0.39 is 11.7 Å². The van der Waals surface area contributed by atoms with Crippen molar-refractivity contribution in [3.05, 3.63) is 29.6 Å². The maximum absolute atomic E-state index is 13.4. The number of hydrogen-bond donors (Lipinski definition) is 2. The standard InChI is InChI=1S/C15H19FN2O3/c16-13-2-1-11(9-12(13)14(17)19)18-10-3-5-15(6-4-10)20-7-8-21-15/h1-2,9-10,18H,3-8H2,(H2,17,19). The largest absolute Gasteiger partial charge is 0.382 e. The highest BCUT2D eigenvalue weighted by atomic mass is 19.1. The molecule has 1 aromatic rings. The number of rotatable bonds is 3. The lowest BCUT2D eigenvalue weighted by Gasteiger charge is -2.36. The molecule has 1 aromatic carbocycles. The van der Waals surface area contributed by atoms with Crippen LogP contribution in [0.2, 0.25) is 0 Å². The van der Waals surface area contributed by atoms with Crippen LogP contribution in [0.1, 0.15) is 36.0 Å². The second kappa shape index (κ2) is 5.61. The number of halogens is 1. The van der Waals surface area contributed by atoms with Crippen molar-refractivity contribution in [2.75, 3.05) is 18.5 Å². The lowest BCUT2D eigenvalue weighted by Crippen LogP contribution is -2.39. The first-order valence-electron chi connectivity index (χ1n) is 7.22. The Kier molecular flexibility index (Phi) is 3.82. The first-order chi connectivity index (χ1) is 10.1. The van der Waals surface area contributed by atoms with E-state index in [0.29, 0.717) is 18.9 Å². The van der Waals surface area contributed by atoms with E-state index in [1.165, 1.54) is 12.1 Å². The molecule has 3 N–H and O–H groups in total. The molecule has 2 aliphatic rings. The molecule has 0 aromatic heterocycles. The molecule has 0 radical (unpaired) electrons. The number of nitrogens with one attached hydrogen (secondary N) is 1. The van der Waals surface area contributed by atoms with Gasteiger partial charge in [-0.3, -0.25) is 4.79 Å². The van der Waals surface area contributed by atoms with Gasteiger partial charge in [-0.25, -0.2) is 4.39 Å². The second-order valence-electron chi connectivity index (χ2n) is 5.59. The van der Waals surface area contributed by atoms with Crippen LogP contribution in [0.25, 0.3) is 0 Å². The normalized spacial score (nSPS) is 21.6. The first-order valence-corrected chi connectivity index (χ1v) is 7.22. The zero-order chi connectivity index (χ0) is 14.9. The summed E-state index contributed by atoms with van der Waals surface area (Å²) in [5.74, 6) is -1.74. The number of hydrogen-bond acceptors (Lipinski definition) is 4. The van der Waals surface area contributed by atoms with Gasteiger partial charge in [0.05, 0.1) is 18.8 Å². The Balaban J connectivity index is 1.63. The van der Waals surface area contributed by atoms with Crippen LogP contribution in [-0.2, 0) is 9.47 Å². The minimum atomic E-state index is -0.758. The maximum Gasteiger partial charge on any atom is 0.251 e. The van der Waals surface area contributed by atoms with Gasteiger partial charge in [-0.15, -0.1) is 0 Å². The van der Waals surface area contributed by atoms with Crippen LogP contribution in [0.5, 0.6) is 0 Å². The Bertz CT molecular complexity index is 534. The topological polar surface area (TPSA) is 73.6 Å². The highest BCUT2D eigenvalue weighted by Crippen LogP contribution is 2.36. The highest BCUT2D eigenvalue weighted by Gasteiger charge is 2.40. The molecule has 6 heteroatoms. The van der Waals surface area contributed by atoms with Crippen molar-refractivity contribution < 1.29 is 18.7 Å². The number of amides is 1. The Morgan fingerprint density at radius 2 is 1.95 bits per heavy atom. The van der Waals surface area contributed by atoms with Gasteiger partial charge >= 0.3 is 0 Å². The predicted octanol–water partition coefficient (Wildman–Crippen LogP) is 2.02. The van der Waals surface area contributed by atoms with Crippen molar-refractivity contribution in [1.29, 1.82) is 0 Å². The van der Waals surface area contributed by atoms with Crippen LogP contribution in [-0.4, -0.2) is 30.9 Å². The fourth-order valence-corrected chi connectivity index (χ4v) is 3.03. The van der Waals surface area contributed by atoms with E-state index in [0.717, 1.165) is 25.7 Å². The van der Waals surface area contributed by atoms with E-state index in [1.807, 2.05) is 0 Å². The van der Waals surface area contributed by atoms with Crippen molar-refractivity contribution in [2.24, 2.45) is 5.73 Å². The third-order valence-electron chi connectivity index (χ3n) is 4.16. The van der Waals surface area contributed by atoms with Crippen molar-refractivity contribution in [2.45, 2.75) is 37.5 Å². The summed E-state index contributed by atoms with van der Waals surface area (Å²) in [7, 11) is 0. The van der Waals surface area contributed by atoms with E-state index in [9.17, 15) is 9.18 Å². The summed E-state index contributed by atoms with van der Waals surface area (Å²) in [6.07, 6.45) is 3.50. The minimum Gasteiger partial charge on any atom is -0.382 e. The molecule has 2 fully saturated rings. The monoisotopic (exact) mass is 294 g/mol. The summed E-state index contributed by atoms with van der Waals surface area (Å²) < 4.78 is 24.8. The molecule has 114 valence electrons. The molecule has 0 atom stereocenters. The van der Waals surface area contributed by atoms with Gasteiger partial charge in [-0.1, -0.05) is 0 Å². The summed E-state index contributed by atoms with van der Waals surface area (Å²) in [5.41, 5.74) is 5.77. The zero-order valence-corrected chi connectivity index (χ0v) is 11.7. The van der Waals surface area contributed by atoms with Gasteiger partial charge in [0, 0.05) is 24.6 Å². The average Bonchev–Trinajstić information content (AvgIpc) is 2.92. The Morgan fingerprint density at radius 1 is 1.29 bits per heavy atom. The predicted molar refractivity (Wildman–Crippen MR) is 75.4 cm³/mol. The van der Waals surface area contributed by atoms with Gasteiger partial charge in [0.25, 0.3) is 5.91 Å². The molecule has 1 spiro atoms. The van der Waals surface area contributed by atoms with Gasteiger partial charge < -0.3 is 20.5 Å². The van der Waals surface area contributed by atoms with Crippen molar-refractivity contribution >= 4 is 11.6 Å². The molecule has 21 heavy (non-hydrogen) atoms. The number of primary amides is 1. The number of carbonyl (C=O) groups excluding carboxylic acids is 1. The molecule has 1 aliphatic carbocycles. The van der Waals surface area contributed by atoms with Crippen molar-refractivity contribution in [3.8, 4) is 0 Å². The molecule has 0 unspecified atom stereocenters. The third-order valence-corrected chi connectivity index (χ3v) is 4.16. The van der Waals surface area contributed by atoms with Crippen LogP contribution in [0.15, 0.2) is 18.2 Å². The number of anilines is 1. The van der Waals surface area contributed by atoms with Crippen LogP contribution >= 0.6 is 0 Å². The fourth-order valence-electron chi connectivity index (χ4n) is 3.03. The molecule has 3 rings (SSSR count). The summed E-state index contributed by atoms with van der Waals surface area (Å²) >= 11 is 0. The van der Waals surface area contributed by atoms with Gasteiger partial charge in [0.15, 0.2) is 5.79 Å². The smallest absolute Gasteiger partial charge is 0.251 e. The van der Waals surface area contributed by atoms with Crippen molar-refractivity contribution in [3.63, 3.8) is 0 Å². The molecule has 5 nitrogen and oxygen atoms in total. The van der Waals surface area contributed by atoms with E-state index in [2.05, 4.69) is 5.32 Å².